The van der Waals surface area contributed by atoms with Crippen molar-refractivity contribution in [1.29, 1.82) is 0 Å². The maximum absolute atomic E-state index is 9.76. The summed E-state index contributed by atoms with van der Waals surface area (Å²) in [5, 5.41) is 13.4. The van der Waals surface area contributed by atoms with Crippen molar-refractivity contribution in [3.05, 3.63) is 35.4 Å². The van der Waals surface area contributed by atoms with Crippen LogP contribution >= 0.6 is 0 Å². The smallest absolute Gasteiger partial charge is 0.0621 e. The Bertz CT molecular complexity index is 396. The summed E-state index contributed by atoms with van der Waals surface area (Å²) in [7, 11) is 0. The Labute approximate surface area is 110 Å². The third-order valence-electron chi connectivity index (χ3n) is 4.56. The van der Waals surface area contributed by atoms with E-state index in [9.17, 15) is 5.11 Å². The molecule has 1 fully saturated rings. The molecule has 3 unspecified atom stereocenters. The lowest BCUT2D eigenvalue weighted by molar-refractivity contribution is -0.0754. The van der Waals surface area contributed by atoms with Gasteiger partial charge in [-0.1, -0.05) is 45.0 Å². The summed E-state index contributed by atoms with van der Waals surface area (Å²) >= 11 is 0. The van der Waals surface area contributed by atoms with E-state index in [1.807, 2.05) is 0 Å². The van der Waals surface area contributed by atoms with E-state index in [0.717, 1.165) is 12.8 Å². The van der Waals surface area contributed by atoms with Gasteiger partial charge in [0, 0.05) is 17.5 Å². The highest BCUT2D eigenvalue weighted by Crippen LogP contribution is 2.41. The number of aliphatic hydroxyl groups is 1. The summed E-state index contributed by atoms with van der Waals surface area (Å²) < 4.78 is 0. The van der Waals surface area contributed by atoms with Gasteiger partial charge in [-0.25, -0.2) is 0 Å². The fourth-order valence-corrected chi connectivity index (χ4v) is 2.63. The predicted octanol–water partition coefficient (Wildman–Crippen LogP) is 3.06. The van der Waals surface area contributed by atoms with E-state index < -0.39 is 0 Å². The van der Waals surface area contributed by atoms with Crippen LogP contribution in [0.5, 0.6) is 0 Å². The second-order valence-electron chi connectivity index (χ2n) is 6.11. The van der Waals surface area contributed by atoms with E-state index in [1.54, 1.807) is 0 Å². The van der Waals surface area contributed by atoms with Crippen molar-refractivity contribution >= 4 is 0 Å². The first-order valence-electron chi connectivity index (χ1n) is 6.98. The summed E-state index contributed by atoms with van der Waals surface area (Å²) in [5.41, 5.74) is 2.70. The fourth-order valence-electron chi connectivity index (χ4n) is 2.63. The maximum atomic E-state index is 9.76. The lowest BCUT2D eigenvalue weighted by atomic mass is 9.64. The minimum Gasteiger partial charge on any atom is -0.392 e. The lowest BCUT2D eigenvalue weighted by Crippen LogP contribution is -2.60. The summed E-state index contributed by atoms with van der Waals surface area (Å²) in [6.07, 6.45) is 1.79. The van der Waals surface area contributed by atoms with Gasteiger partial charge in [0.05, 0.1) is 6.10 Å². The molecule has 2 heteroatoms. The van der Waals surface area contributed by atoms with E-state index in [4.69, 9.17) is 0 Å². The normalized spacial score (nSPS) is 27.6. The zero-order chi connectivity index (χ0) is 13.3. The molecule has 2 nitrogen and oxygen atoms in total. The predicted molar refractivity (Wildman–Crippen MR) is 75.6 cm³/mol. The Morgan fingerprint density at radius 1 is 1.33 bits per heavy atom. The van der Waals surface area contributed by atoms with Crippen molar-refractivity contribution < 1.29 is 5.11 Å². The van der Waals surface area contributed by atoms with Crippen LogP contribution in [0.15, 0.2) is 24.3 Å². The third-order valence-corrected chi connectivity index (χ3v) is 4.56. The molecule has 2 N–H and O–H groups in total. The highest BCUT2D eigenvalue weighted by atomic mass is 16.3. The van der Waals surface area contributed by atoms with Crippen molar-refractivity contribution in [3.8, 4) is 0 Å². The molecular weight excluding hydrogens is 222 g/mol. The summed E-state index contributed by atoms with van der Waals surface area (Å²) in [5.74, 6) is 0. The van der Waals surface area contributed by atoms with Gasteiger partial charge >= 0.3 is 0 Å². The molecule has 2 rings (SSSR count). The lowest BCUT2D eigenvalue weighted by Gasteiger charge is -2.50. The molecule has 0 bridgehead atoms. The molecule has 0 radical (unpaired) electrons. The van der Waals surface area contributed by atoms with Crippen LogP contribution in [0.25, 0.3) is 0 Å². The molecule has 0 spiro atoms. The molecule has 0 aromatic heterocycles. The van der Waals surface area contributed by atoms with Crippen molar-refractivity contribution in [2.45, 2.75) is 58.7 Å². The molecular formula is C16H25NO. The van der Waals surface area contributed by atoms with Crippen LogP contribution in [0.2, 0.25) is 0 Å². The van der Waals surface area contributed by atoms with Gasteiger partial charge in [0.2, 0.25) is 0 Å². The van der Waals surface area contributed by atoms with Gasteiger partial charge < -0.3 is 10.4 Å². The summed E-state index contributed by atoms with van der Waals surface area (Å²) in [4.78, 5) is 0. The first-order valence-corrected chi connectivity index (χ1v) is 6.98. The first kappa shape index (κ1) is 13.6. The van der Waals surface area contributed by atoms with Crippen LogP contribution < -0.4 is 5.32 Å². The molecule has 0 aliphatic heterocycles. The fraction of sp³-hybridized carbons (Fsp3) is 0.625. The van der Waals surface area contributed by atoms with E-state index in [-0.39, 0.29) is 11.5 Å². The van der Waals surface area contributed by atoms with E-state index in [2.05, 4.69) is 57.3 Å². The molecule has 0 saturated heterocycles. The summed E-state index contributed by atoms with van der Waals surface area (Å²) in [6, 6.07) is 9.57. The molecule has 100 valence electrons. The monoisotopic (exact) mass is 247 g/mol. The molecule has 1 aromatic rings. The van der Waals surface area contributed by atoms with Crippen LogP contribution in [-0.4, -0.2) is 17.3 Å². The molecule has 1 aliphatic carbocycles. The van der Waals surface area contributed by atoms with Gasteiger partial charge in [0.1, 0.15) is 0 Å². The van der Waals surface area contributed by atoms with E-state index in [1.165, 1.54) is 11.1 Å². The number of rotatable bonds is 4. The zero-order valence-corrected chi connectivity index (χ0v) is 11.9. The largest absolute Gasteiger partial charge is 0.392 e. The Morgan fingerprint density at radius 3 is 2.39 bits per heavy atom. The van der Waals surface area contributed by atoms with E-state index >= 15 is 0 Å². The van der Waals surface area contributed by atoms with Crippen molar-refractivity contribution in [2.75, 3.05) is 0 Å². The number of nitrogens with one attached hydrogen (secondary N) is 1. The second kappa shape index (κ2) is 5.02. The Balaban J connectivity index is 1.97. The second-order valence-corrected chi connectivity index (χ2v) is 6.11. The molecule has 1 aliphatic rings. The van der Waals surface area contributed by atoms with Gasteiger partial charge in [0.15, 0.2) is 0 Å². The minimum absolute atomic E-state index is 0.00236. The van der Waals surface area contributed by atoms with Gasteiger partial charge in [-0.2, -0.15) is 0 Å². The highest BCUT2D eigenvalue weighted by molar-refractivity contribution is 5.25. The molecule has 3 atom stereocenters. The third kappa shape index (κ3) is 2.45. The Morgan fingerprint density at radius 2 is 1.94 bits per heavy atom. The molecule has 0 amide bonds. The SMILES string of the molecule is CCc1ccc(C(C)NC2CC(O)C2(C)C)cc1. The topological polar surface area (TPSA) is 32.3 Å². The Hall–Kier alpha value is -0.860. The number of hydrogen-bond acceptors (Lipinski definition) is 2. The van der Waals surface area contributed by atoms with Gasteiger partial charge in [-0.3, -0.25) is 0 Å². The zero-order valence-electron chi connectivity index (χ0n) is 11.9. The quantitative estimate of drug-likeness (QED) is 0.857. The van der Waals surface area contributed by atoms with Crippen LogP contribution in [0.1, 0.15) is 51.3 Å². The van der Waals surface area contributed by atoms with Crippen LogP contribution in [-0.2, 0) is 6.42 Å². The molecule has 1 aromatic carbocycles. The molecule has 1 saturated carbocycles. The average molecular weight is 247 g/mol. The van der Waals surface area contributed by atoms with Crippen LogP contribution in [0, 0.1) is 5.41 Å². The number of aryl methyl sites for hydroxylation is 1. The number of aliphatic hydroxyl groups excluding tert-OH is 1. The Kier molecular flexibility index (Phi) is 3.79. The maximum Gasteiger partial charge on any atom is 0.0621 e. The van der Waals surface area contributed by atoms with Gasteiger partial charge in [-0.05, 0) is 30.9 Å². The molecule has 0 heterocycles. The number of benzene rings is 1. The standard InChI is InChI=1S/C16H25NO/c1-5-12-6-8-13(9-7-12)11(2)17-14-10-15(18)16(14,3)4/h6-9,11,14-15,17-18H,5,10H2,1-4H3. The van der Waals surface area contributed by atoms with Crippen LogP contribution in [0.3, 0.4) is 0 Å². The minimum atomic E-state index is -0.162. The van der Waals surface area contributed by atoms with Crippen molar-refractivity contribution in [3.63, 3.8) is 0 Å². The van der Waals surface area contributed by atoms with Crippen molar-refractivity contribution in [2.24, 2.45) is 5.41 Å². The van der Waals surface area contributed by atoms with E-state index in [0.29, 0.717) is 12.1 Å². The summed E-state index contributed by atoms with van der Waals surface area (Å²) in [6.45, 7) is 8.63. The van der Waals surface area contributed by atoms with Crippen LogP contribution in [0.4, 0.5) is 0 Å². The highest BCUT2D eigenvalue weighted by Gasteiger charge is 2.47. The average Bonchev–Trinajstić information content (AvgIpc) is 2.38. The number of hydrogen-bond donors (Lipinski definition) is 2. The van der Waals surface area contributed by atoms with Gasteiger partial charge in [-0.15, -0.1) is 0 Å². The first-order chi connectivity index (χ1) is 8.45. The van der Waals surface area contributed by atoms with Gasteiger partial charge in [0.25, 0.3) is 0 Å². The molecule has 18 heavy (non-hydrogen) atoms. The van der Waals surface area contributed by atoms with Crippen molar-refractivity contribution in [1.82, 2.24) is 5.32 Å².